The molecule has 5 rings (SSSR count). The first-order valence-corrected chi connectivity index (χ1v) is 9.51. The molecule has 4 aromatic rings. The Kier molecular flexibility index (Phi) is 4.59. The molecule has 1 fully saturated rings. The molecule has 0 aliphatic carbocycles. The van der Waals surface area contributed by atoms with Crippen LogP contribution in [-0.4, -0.2) is 61.0 Å². The summed E-state index contributed by atoms with van der Waals surface area (Å²) in [7, 11) is 0. The maximum absolute atomic E-state index is 9.32. The smallest absolute Gasteiger partial charge is 0.156 e. The minimum absolute atomic E-state index is 0.163. The third kappa shape index (κ3) is 3.41. The van der Waals surface area contributed by atoms with Crippen molar-refractivity contribution in [3.05, 3.63) is 54.7 Å². The van der Waals surface area contributed by atoms with Gasteiger partial charge in [0.25, 0.3) is 0 Å². The summed E-state index contributed by atoms with van der Waals surface area (Å²) in [5, 5.41) is 18.1. The molecule has 29 heavy (non-hydrogen) atoms. The fourth-order valence-corrected chi connectivity index (χ4v) is 3.45. The van der Waals surface area contributed by atoms with E-state index in [1.807, 2.05) is 28.9 Å². The van der Waals surface area contributed by atoms with Gasteiger partial charge in [0.05, 0.1) is 42.1 Å². The molecule has 5 heterocycles. The second-order valence-corrected chi connectivity index (χ2v) is 6.83. The van der Waals surface area contributed by atoms with Crippen molar-refractivity contribution in [3.63, 3.8) is 0 Å². The molecule has 0 amide bonds. The summed E-state index contributed by atoms with van der Waals surface area (Å²) >= 11 is 0. The highest BCUT2D eigenvalue weighted by Crippen LogP contribution is 2.23. The summed E-state index contributed by atoms with van der Waals surface area (Å²) in [6.07, 6.45) is 6.72. The van der Waals surface area contributed by atoms with E-state index < -0.39 is 0 Å². The average molecular weight is 388 g/mol. The molecule has 0 aromatic carbocycles. The Labute approximate surface area is 167 Å². The summed E-state index contributed by atoms with van der Waals surface area (Å²) < 4.78 is 1.82. The van der Waals surface area contributed by atoms with Gasteiger partial charge in [0, 0.05) is 37.8 Å². The van der Waals surface area contributed by atoms with Crippen molar-refractivity contribution < 1.29 is 5.11 Å². The van der Waals surface area contributed by atoms with E-state index in [9.17, 15) is 5.11 Å². The molecule has 1 aliphatic rings. The van der Waals surface area contributed by atoms with Crippen molar-refractivity contribution in [2.45, 2.75) is 6.61 Å². The van der Waals surface area contributed by atoms with Crippen LogP contribution in [0.3, 0.4) is 0 Å². The Hall–Kier alpha value is -3.43. The van der Waals surface area contributed by atoms with Gasteiger partial charge in [0.2, 0.25) is 0 Å². The summed E-state index contributed by atoms with van der Waals surface area (Å²) in [4.78, 5) is 20.1. The molecule has 1 saturated heterocycles. The van der Waals surface area contributed by atoms with Gasteiger partial charge in [-0.05, 0) is 18.2 Å². The molecule has 4 aromatic heterocycles. The van der Waals surface area contributed by atoms with E-state index in [0.717, 1.165) is 48.7 Å². The van der Waals surface area contributed by atoms with E-state index >= 15 is 0 Å². The number of pyridine rings is 2. The first kappa shape index (κ1) is 17.7. The third-order valence-electron chi connectivity index (χ3n) is 4.94. The monoisotopic (exact) mass is 388 g/mol. The molecule has 2 N–H and O–H groups in total. The zero-order valence-electron chi connectivity index (χ0n) is 15.7. The zero-order chi connectivity index (χ0) is 19.6. The highest BCUT2D eigenvalue weighted by Gasteiger charge is 2.14. The second kappa shape index (κ2) is 7.53. The van der Waals surface area contributed by atoms with Crippen LogP contribution in [0.5, 0.6) is 0 Å². The van der Waals surface area contributed by atoms with Crippen molar-refractivity contribution >= 4 is 16.7 Å². The molecule has 9 heteroatoms. The fourth-order valence-electron chi connectivity index (χ4n) is 3.45. The Morgan fingerprint density at radius 3 is 2.69 bits per heavy atom. The van der Waals surface area contributed by atoms with Crippen LogP contribution in [0.2, 0.25) is 0 Å². The number of piperazine rings is 1. The van der Waals surface area contributed by atoms with Gasteiger partial charge in [-0.25, -0.2) is 14.6 Å². The van der Waals surface area contributed by atoms with E-state index in [-0.39, 0.29) is 6.61 Å². The molecule has 146 valence electrons. The number of rotatable bonds is 4. The number of hydrogen-bond donors (Lipinski definition) is 2. The predicted octanol–water partition coefficient (Wildman–Crippen LogP) is 1.17. The summed E-state index contributed by atoms with van der Waals surface area (Å²) in [5.74, 6) is 1.70. The fraction of sp³-hybridized carbons (Fsp3) is 0.250. The van der Waals surface area contributed by atoms with E-state index in [4.69, 9.17) is 4.98 Å². The minimum atomic E-state index is -0.163. The van der Waals surface area contributed by atoms with Crippen LogP contribution in [0.25, 0.3) is 28.1 Å². The largest absolute Gasteiger partial charge is 0.390 e. The molecular formula is C20H20N8O. The predicted molar refractivity (Wildman–Crippen MR) is 109 cm³/mol. The number of fused-ring (bicyclic) bond motifs is 1. The van der Waals surface area contributed by atoms with Gasteiger partial charge < -0.3 is 15.3 Å². The normalized spacial score (nSPS) is 14.4. The molecule has 0 unspecified atom stereocenters. The van der Waals surface area contributed by atoms with E-state index in [1.165, 1.54) is 6.20 Å². The van der Waals surface area contributed by atoms with Gasteiger partial charge in [-0.1, -0.05) is 6.07 Å². The van der Waals surface area contributed by atoms with Crippen LogP contribution in [0.1, 0.15) is 5.69 Å². The van der Waals surface area contributed by atoms with Crippen LogP contribution >= 0.6 is 0 Å². The topological polar surface area (TPSA) is 105 Å². The lowest BCUT2D eigenvalue weighted by atomic mass is 10.2. The Morgan fingerprint density at radius 1 is 0.966 bits per heavy atom. The SMILES string of the molecule is OCc1cncc(-c2cc3c(cn2)cnn3-c2cccc(N3CCNCC3)n2)n1. The van der Waals surface area contributed by atoms with Crippen LogP contribution in [0.4, 0.5) is 5.82 Å². The molecule has 1 aliphatic heterocycles. The van der Waals surface area contributed by atoms with Crippen molar-refractivity contribution in [2.24, 2.45) is 0 Å². The highest BCUT2D eigenvalue weighted by molar-refractivity contribution is 5.82. The minimum Gasteiger partial charge on any atom is -0.390 e. The van der Waals surface area contributed by atoms with E-state index in [0.29, 0.717) is 17.1 Å². The summed E-state index contributed by atoms with van der Waals surface area (Å²) in [6, 6.07) is 7.91. The standard InChI is InChI=1S/C20H20N8O/c29-13-15-11-22-12-17(25-15)16-8-18-14(9-23-16)10-24-28(18)20-3-1-2-19(26-20)27-6-4-21-5-7-27/h1-3,8-12,21,29H,4-7,13H2. The molecule has 9 nitrogen and oxygen atoms in total. The summed E-state index contributed by atoms with van der Waals surface area (Å²) in [6.45, 7) is 3.62. The molecule has 0 spiro atoms. The van der Waals surface area contributed by atoms with E-state index in [2.05, 4.69) is 30.3 Å². The lowest BCUT2D eigenvalue weighted by molar-refractivity contribution is 0.276. The Bertz CT molecular complexity index is 1150. The molecule has 0 radical (unpaired) electrons. The van der Waals surface area contributed by atoms with Crippen LogP contribution in [-0.2, 0) is 6.61 Å². The molecular weight excluding hydrogens is 368 g/mol. The van der Waals surface area contributed by atoms with Gasteiger partial charge in [-0.15, -0.1) is 0 Å². The van der Waals surface area contributed by atoms with Gasteiger partial charge in [-0.2, -0.15) is 5.10 Å². The van der Waals surface area contributed by atoms with Crippen LogP contribution < -0.4 is 10.2 Å². The lowest BCUT2D eigenvalue weighted by Gasteiger charge is -2.28. The molecule has 0 bridgehead atoms. The zero-order valence-corrected chi connectivity index (χ0v) is 15.7. The number of anilines is 1. The van der Waals surface area contributed by atoms with Crippen molar-refractivity contribution in [2.75, 3.05) is 31.1 Å². The van der Waals surface area contributed by atoms with Crippen LogP contribution in [0.15, 0.2) is 49.1 Å². The molecule has 0 saturated carbocycles. The Morgan fingerprint density at radius 2 is 1.83 bits per heavy atom. The number of aliphatic hydroxyl groups excluding tert-OH is 1. The molecule has 0 atom stereocenters. The number of aromatic nitrogens is 6. The van der Waals surface area contributed by atoms with Gasteiger partial charge in [0.15, 0.2) is 5.82 Å². The third-order valence-corrected chi connectivity index (χ3v) is 4.94. The van der Waals surface area contributed by atoms with Crippen molar-refractivity contribution in [3.8, 4) is 17.2 Å². The van der Waals surface area contributed by atoms with Crippen molar-refractivity contribution in [1.82, 2.24) is 35.0 Å². The Balaban J connectivity index is 1.55. The van der Waals surface area contributed by atoms with E-state index in [1.54, 1.807) is 18.6 Å². The van der Waals surface area contributed by atoms with Gasteiger partial charge in [0.1, 0.15) is 11.5 Å². The van der Waals surface area contributed by atoms with Gasteiger partial charge in [-0.3, -0.25) is 9.97 Å². The van der Waals surface area contributed by atoms with Crippen molar-refractivity contribution in [1.29, 1.82) is 0 Å². The lowest BCUT2D eigenvalue weighted by Crippen LogP contribution is -2.43. The van der Waals surface area contributed by atoms with Gasteiger partial charge >= 0.3 is 0 Å². The average Bonchev–Trinajstić information content (AvgIpc) is 3.23. The number of aliphatic hydroxyl groups is 1. The highest BCUT2D eigenvalue weighted by atomic mass is 16.3. The first-order valence-electron chi connectivity index (χ1n) is 9.51. The quantitative estimate of drug-likeness (QED) is 0.537. The maximum atomic E-state index is 9.32. The number of nitrogens with zero attached hydrogens (tertiary/aromatic N) is 7. The maximum Gasteiger partial charge on any atom is 0.156 e. The first-order chi connectivity index (χ1) is 14.3. The number of hydrogen-bond acceptors (Lipinski definition) is 8. The second-order valence-electron chi connectivity index (χ2n) is 6.83. The summed E-state index contributed by atoms with van der Waals surface area (Å²) in [5.41, 5.74) is 2.66. The van der Waals surface area contributed by atoms with Crippen LogP contribution in [0, 0.1) is 0 Å². The number of nitrogens with one attached hydrogen (secondary N) is 1.